The lowest BCUT2D eigenvalue weighted by Crippen LogP contribution is -2.10. The first kappa shape index (κ1) is 32.6. The van der Waals surface area contributed by atoms with Crippen LogP contribution in [0.4, 0.5) is 0 Å². The van der Waals surface area contributed by atoms with Crippen LogP contribution in [0.2, 0.25) is 10.0 Å². The fourth-order valence-electron chi connectivity index (χ4n) is 6.04. The van der Waals surface area contributed by atoms with Crippen LogP contribution in [0.15, 0.2) is 146 Å². The molecule has 4 heterocycles. The largest absolute Gasteiger partial charge is 0.385 e. The topological polar surface area (TPSA) is 75.1 Å². The van der Waals surface area contributed by atoms with Gasteiger partial charge in [-0.15, -0.1) is 12.4 Å². The smallest absolute Gasteiger partial charge is 0.137 e. The van der Waals surface area contributed by atoms with Crippen molar-refractivity contribution in [3.63, 3.8) is 0 Å². The summed E-state index contributed by atoms with van der Waals surface area (Å²) in [6.45, 7) is 0. The SMILES string of the molecule is Cl.OC(c1cccc(-c2ccc3nc(-c4ccc(Cl)cc4)cn3c2)c1)C(O)c1cccc(-c2ccc3nc(-c4cccc(Cl)c4)cn3c2)c1. The van der Waals surface area contributed by atoms with E-state index < -0.39 is 12.2 Å². The normalized spacial score (nSPS) is 12.6. The van der Waals surface area contributed by atoms with Crippen molar-refractivity contribution in [3.8, 4) is 44.8 Å². The van der Waals surface area contributed by atoms with E-state index in [-0.39, 0.29) is 12.4 Å². The number of aromatic nitrogens is 4. The van der Waals surface area contributed by atoms with Gasteiger partial charge in [0.1, 0.15) is 23.5 Å². The van der Waals surface area contributed by atoms with Gasteiger partial charge in [-0.1, -0.05) is 83.9 Å². The Kier molecular flexibility index (Phi) is 8.99. The molecule has 8 rings (SSSR count). The summed E-state index contributed by atoms with van der Waals surface area (Å²) in [5.41, 5.74) is 10.2. The van der Waals surface area contributed by atoms with Gasteiger partial charge >= 0.3 is 0 Å². The molecule has 2 N–H and O–H groups in total. The molecule has 0 fully saturated rings. The molecule has 6 nitrogen and oxygen atoms in total. The van der Waals surface area contributed by atoms with Crippen LogP contribution >= 0.6 is 35.6 Å². The monoisotopic (exact) mass is 702 g/mol. The fourth-order valence-corrected chi connectivity index (χ4v) is 6.36. The van der Waals surface area contributed by atoms with E-state index >= 15 is 0 Å². The van der Waals surface area contributed by atoms with Gasteiger partial charge in [-0.3, -0.25) is 0 Å². The molecule has 49 heavy (non-hydrogen) atoms. The van der Waals surface area contributed by atoms with Gasteiger partial charge in [0.15, 0.2) is 0 Å². The number of fused-ring (bicyclic) bond motifs is 2. The Bertz CT molecular complexity index is 2440. The second-order valence-corrected chi connectivity index (χ2v) is 12.6. The molecule has 2 atom stereocenters. The Morgan fingerprint density at radius 2 is 0.918 bits per heavy atom. The average Bonchev–Trinajstić information content (AvgIpc) is 3.75. The van der Waals surface area contributed by atoms with Crippen LogP contribution in [0.5, 0.6) is 0 Å². The van der Waals surface area contributed by atoms with Gasteiger partial charge in [-0.2, -0.15) is 0 Å². The highest BCUT2D eigenvalue weighted by Gasteiger charge is 2.21. The van der Waals surface area contributed by atoms with Gasteiger partial charge in [-0.05, 0) is 94.0 Å². The van der Waals surface area contributed by atoms with E-state index in [0.717, 1.165) is 56.1 Å². The van der Waals surface area contributed by atoms with Crippen LogP contribution in [0.3, 0.4) is 0 Å². The Morgan fingerprint density at radius 3 is 1.45 bits per heavy atom. The van der Waals surface area contributed by atoms with Gasteiger partial charge in [-0.25, -0.2) is 9.97 Å². The minimum atomic E-state index is -1.13. The number of hydrogen-bond donors (Lipinski definition) is 2. The van der Waals surface area contributed by atoms with E-state index in [9.17, 15) is 10.2 Å². The molecule has 0 aliphatic rings. The molecule has 0 amide bonds. The molecule has 0 bridgehead atoms. The first-order chi connectivity index (χ1) is 23.4. The predicted octanol–water partition coefficient (Wildman–Crippen LogP) is 10.1. The number of halogens is 3. The first-order valence-electron chi connectivity index (χ1n) is 15.4. The Labute approximate surface area is 298 Å². The molecule has 2 unspecified atom stereocenters. The summed E-state index contributed by atoms with van der Waals surface area (Å²) >= 11 is 12.3. The first-order valence-corrected chi connectivity index (χ1v) is 16.2. The van der Waals surface area contributed by atoms with E-state index in [1.165, 1.54) is 0 Å². The number of benzene rings is 4. The quantitative estimate of drug-likeness (QED) is 0.173. The van der Waals surface area contributed by atoms with Gasteiger partial charge in [0, 0.05) is 46.0 Å². The number of aliphatic hydroxyl groups is 2. The maximum atomic E-state index is 11.4. The molecule has 8 aromatic rings. The lowest BCUT2D eigenvalue weighted by atomic mass is 9.94. The molecule has 0 aliphatic heterocycles. The van der Waals surface area contributed by atoms with E-state index in [2.05, 4.69) is 0 Å². The number of nitrogens with zero attached hydrogens (tertiary/aromatic N) is 4. The fraction of sp³-hybridized carbons (Fsp3) is 0.0500. The van der Waals surface area contributed by atoms with Crippen LogP contribution in [-0.4, -0.2) is 29.0 Å². The van der Waals surface area contributed by atoms with Gasteiger partial charge in [0.05, 0.1) is 11.4 Å². The van der Waals surface area contributed by atoms with Crippen molar-refractivity contribution >= 4 is 46.9 Å². The predicted molar refractivity (Wildman–Crippen MR) is 199 cm³/mol. The molecule has 0 spiro atoms. The number of hydrogen-bond acceptors (Lipinski definition) is 4. The molecule has 0 radical (unpaired) electrons. The van der Waals surface area contributed by atoms with E-state index in [0.29, 0.717) is 21.2 Å². The van der Waals surface area contributed by atoms with E-state index in [1.807, 2.05) is 155 Å². The highest BCUT2D eigenvalue weighted by Crippen LogP contribution is 2.34. The van der Waals surface area contributed by atoms with Crippen LogP contribution in [0.25, 0.3) is 56.1 Å². The molecule has 0 saturated heterocycles. The lowest BCUT2D eigenvalue weighted by Gasteiger charge is -2.20. The van der Waals surface area contributed by atoms with E-state index in [1.54, 1.807) is 0 Å². The summed E-state index contributed by atoms with van der Waals surface area (Å²) in [6.07, 6.45) is 5.72. The zero-order valence-corrected chi connectivity index (χ0v) is 28.2. The third kappa shape index (κ3) is 6.57. The number of pyridine rings is 2. The minimum absolute atomic E-state index is 0. The van der Waals surface area contributed by atoms with Gasteiger partial charge in [0.25, 0.3) is 0 Å². The van der Waals surface area contributed by atoms with Crippen molar-refractivity contribution in [3.05, 3.63) is 167 Å². The summed E-state index contributed by atoms with van der Waals surface area (Å²) in [6, 6.07) is 38.5. The number of aliphatic hydroxyl groups excluding tert-OH is 2. The van der Waals surface area contributed by atoms with Crippen molar-refractivity contribution in [2.75, 3.05) is 0 Å². The summed E-state index contributed by atoms with van der Waals surface area (Å²) in [4.78, 5) is 9.49. The number of rotatable bonds is 7. The zero-order valence-electron chi connectivity index (χ0n) is 25.9. The molecule has 0 saturated carbocycles. The van der Waals surface area contributed by atoms with Crippen molar-refractivity contribution < 1.29 is 10.2 Å². The summed E-state index contributed by atoms with van der Waals surface area (Å²) in [7, 11) is 0. The van der Waals surface area contributed by atoms with Gasteiger partial charge in [0.2, 0.25) is 0 Å². The highest BCUT2D eigenvalue weighted by molar-refractivity contribution is 6.31. The van der Waals surface area contributed by atoms with Crippen LogP contribution < -0.4 is 0 Å². The summed E-state index contributed by atoms with van der Waals surface area (Å²) in [5, 5.41) is 24.1. The minimum Gasteiger partial charge on any atom is -0.385 e. The molecule has 4 aromatic heterocycles. The van der Waals surface area contributed by atoms with E-state index in [4.69, 9.17) is 33.2 Å². The van der Waals surface area contributed by atoms with Crippen LogP contribution in [0.1, 0.15) is 23.3 Å². The molecule has 4 aromatic carbocycles. The third-order valence-corrected chi connectivity index (χ3v) is 9.07. The van der Waals surface area contributed by atoms with Crippen molar-refractivity contribution in [2.45, 2.75) is 12.2 Å². The molecular formula is C40H29Cl3N4O2. The van der Waals surface area contributed by atoms with Crippen LogP contribution in [0, 0.1) is 0 Å². The Morgan fingerprint density at radius 1 is 0.449 bits per heavy atom. The van der Waals surface area contributed by atoms with Gasteiger partial charge < -0.3 is 19.0 Å². The maximum absolute atomic E-state index is 11.4. The Hall–Kier alpha value is -4.95. The second kappa shape index (κ2) is 13.5. The zero-order chi connectivity index (χ0) is 32.8. The standard InChI is InChI=1S/C40H28Cl2N4O2.ClH/c41-33-14-10-25(11-15-33)35-23-45-21-31(12-16-37(45)43-35)26-4-1-7-29(18-26)39(47)40(48)30-8-2-5-27(19-30)32-13-17-38-44-36(24-46(38)22-32)28-6-3-9-34(42)20-28;/h1-24,39-40,47-48H;1H. The Balaban J connectivity index is 0.00000378. The molecule has 242 valence electrons. The maximum Gasteiger partial charge on any atom is 0.137 e. The van der Waals surface area contributed by atoms with Crippen molar-refractivity contribution in [1.29, 1.82) is 0 Å². The number of imidazole rings is 2. The average molecular weight is 704 g/mol. The second-order valence-electron chi connectivity index (χ2n) is 11.8. The third-order valence-electron chi connectivity index (χ3n) is 8.58. The molecule has 0 aliphatic carbocycles. The lowest BCUT2D eigenvalue weighted by molar-refractivity contribution is 0.0173. The molecule has 9 heteroatoms. The summed E-state index contributed by atoms with van der Waals surface area (Å²) in [5.74, 6) is 0. The highest BCUT2D eigenvalue weighted by atomic mass is 35.5. The molecular weight excluding hydrogens is 675 g/mol. The summed E-state index contributed by atoms with van der Waals surface area (Å²) < 4.78 is 3.97. The van der Waals surface area contributed by atoms with Crippen LogP contribution in [-0.2, 0) is 0 Å². The van der Waals surface area contributed by atoms with Crippen molar-refractivity contribution in [2.24, 2.45) is 0 Å². The van der Waals surface area contributed by atoms with Crippen molar-refractivity contribution in [1.82, 2.24) is 18.8 Å².